The third-order valence-electron chi connectivity index (χ3n) is 3.39. The summed E-state index contributed by atoms with van der Waals surface area (Å²) in [6.07, 6.45) is 1.53. The van der Waals surface area contributed by atoms with Crippen molar-refractivity contribution in [3.05, 3.63) is 75.5 Å². The number of hydrogen-bond acceptors (Lipinski definition) is 7. The van der Waals surface area contributed by atoms with E-state index in [0.717, 1.165) is 0 Å². The smallest absolute Gasteiger partial charge is 0.363 e. The number of carbonyl (C=O) groups excluding carboxylic acids is 2. The summed E-state index contributed by atoms with van der Waals surface area (Å²) in [5.41, 5.74) is 1.15. The van der Waals surface area contributed by atoms with Crippen LogP contribution in [0.3, 0.4) is 0 Å². The van der Waals surface area contributed by atoms with E-state index in [1.54, 1.807) is 24.3 Å². The number of benzene rings is 2. The van der Waals surface area contributed by atoms with Crippen molar-refractivity contribution in [1.29, 1.82) is 0 Å². The van der Waals surface area contributed by atoms with E-state index in [1.807, 2.05) is 0 Å². The Morgan fingerprint density at radius 3 is 2.38 bits per heavy atom. The summed E-state index contributed by atoms with van der Waals surface area (Å²) in [7, 11) is 0. The maximum absolute atomic E-state index is 12.0. The molecule has 1 heterocycles. The highest BCUT2D eigenvalue weighted by Gasteiger charge is 2.24. The van der Waals surface area contributed by atoms with E-state index in [0.29, 0.717) is 16.9 Å². The maximum Gasteiger partial charge on any atom is 0.363 e. The predicted octanol–water partition coefficient (Wildman–Crippen LogP) is 2.86. The summed E-state index contributed by atoms with van der Waals surface area (Å²) in [5, 5.41) is 10.7. The Morgan fingerprint density at radius 1 is 1.15 bits per heavy atom. The van der Waals surface area contributed by atoms with E-state index in [2.05, 4.69) is 4.99 Å². The van der Waals surface area contributed by atoms with Crippen molar-refractivity contribution in [2.45, 2.75) is 6.92 Å². The van der Waals surface area contributed by atoms with E-state index < -0.39 is 16.9 Å². The van der Waals surface area contributed by atoms with Crippen molar-refractivity contribution in [2.75, 3.05) is 0 Å². The molecule has 0 saturated carbocycles. The summed E-state index contributed by atoms with van der Waals surface area (Å²) < 4.78 is 10.0. The third kappa shape index (κ3) is 3.81. The van der Waals surface area contributed by atoms with Crippen LogP contribution in [0.4, 0.5) is 5.69 Å². The number of nitro groups is 1. The van der Waals surface area contributed by atoms with Gasteiger partial charge in [0.05, 0.1) is 4.92 Å². The minimum atomic E-state index is -0.623. The van der Waals surface area contributed by atoms with Gasteiger partial charge in [0.15, 0.2) is 5.70 Å². The summed E-state index contributed by atoms with van der Waals surface area (Å²) in [4.78, 5) is 37.2. The molecule has 1 aliphatic rings. The minimum Gasteiger partial charge on any atom is -0.427 e. The van der Waals surface area contributed by atoms with Crippen molar-refractivity contribution < 1.29 is 24.0 Å². The van der Waals surface area contributed by atoms with Crippen LogP contribution >= 0.6 is 0 Å². The van der Waals surface area contributed by atoms with Gasteiger partial charge < -0.3 is 9.47 Å². The Morgan fingerprint density at radius 2 is 1.81 bits per heavy atom. The van der Waals surface area contributed by atoms with Gasteiger partial charge in [0, 0.05) is 24.6 Å². The van der Waals surface area contributed by atoms with Crippen LogP contribution in [-0.4, -0.2) is 22.8 Å². The standard InChI is InChI=1S/C18H12N2O6/c1-11(21)25-15-8-2-12(3-9-15)10-16-18(22)26-17(19-16)13-4-6-14(7-5-13)20(23)24/h2-10H,1H3. The SMILES string of the molecule is CC(=O)Oc1ccc(C=C2N=C(c3ccc([N+](=O)[O-])cc3)OC2=O)cc1. The first kappa shape index (κ1) is 17.0. The van der Waals surface area contributed by atoms with Crippen molar-refractivity contribution in [3.63, 3.8) is 0 Å². The first-order valence-corrected chi connectivity index (χ1v) is 7.48. The van der Waals surface area contributed by atoms with Gasteiger partial charge in [-0.1, -0.05) is 12.1 Å². The fourth-order valence-corrected chi connectivity index (χ4v) is 2.21. The predicted molar refractivity (Wildman–Crippen MR) is 91.5 cm³/mol. The average Bonchev–Trinajstić information content (AvgIpc) is 2.97. The zero-order valence-corrected chi connectivity index (χ0v) is 13.5. The molecule has 0 fully saturated rings. The molecular weight excluding hydrogens is 340 g/mol. The number of ether oxygens (including phenoxy) is 2. The highest BCUT2D eigenvalue weighted by molar-refractivity contribution is 6.12. The number of carbonyl (C=O) groups is 2. The molecule has 2 aromatic rings. The lowest BCUT2D eigenvalue weighted by molar-refractivity contribution is -0.384. The van der Waals surface area contributed by atoms with Crippen LogP contribution in [0.2, 0.25) is 0 Å². The van der Waals surface area contributed by atoms with E-state index in [9.17, 15) is 19.7 Å². The molecule has 0 aliphatic carbocycles. The zero-order chi connectivity index (χ0) is 18.7. The minimum absolute atomic E-state index is 0.0673. The number of cyclic esters (lactones) is 1. The third-order valence-corrected chi connectivity index (χ3v) is 3.39. The van der Waals surface area contributed by atoms with Crippen LogP contribution in [0.1, 0.15) is 18.1 Å². The van der Waals surface area contributed by atoms with E-state index in [1.165, 1.54) is 37.3 Å². The van der Waals surface area contributed by atoms with Gasteiger partial charge in [-0.05, 0) is 35.9 Å². The number of nitro benzene ring substituents is 1. The lowest BCUT2D eigenvalue weighted by atomic mass is 10.2. The molecular formula is C18H12N2O6. The first-order chi connectivity index (χ1) is 12.4. The molecule has 1 aliphatic heterocycles. The Labute approximate surface area is 147 Å². The van der Waals surface area contributed by atoms with E-state index >= 15 is 0 Å². The maximum atomic E-state index is 12.0. The average molecular weight is 352 g/mol. The molecule has 0 saturated heterocycles. The monoisotopic (exact) mass is 352 g/mol. The van der Waals surface area contributed by atoms with E-state index in [-0.39, 0.29) is 17.3 Å². The molecule has 0 N–H and O–H groups in total. The summed E-state index contributed by atoms with van der Waals surface area (Å²) in [6, 6.07) is 12.0. The Hall–Kier alpha value is -3.81. The Balaban J connectivity index is 1.81. The van der Waals surface area contributed by atoms with Crippen LogP contribution in [0.5, 0.6) is 5.75 Å². The Bertz CT molecular complexity index is 943. The molecule has 2 aromatic carbocycles. The number of non-ortho nitro benzene ring substituents is 1. The fourth-order valence-electron chi connectivity index (χ4n) is 2.21. The van der Waals surface area contributed by atoms with E-state index in [4.69, 9.17) is 9.47 Å². The van der Waals surface area contributed by atoms with Crippen LogP contribution < -0.4 is 4.74 Å². The largest absolute Gasteiger partial charge is 0.427 e. The van der Waals surface area contributed by atoms with Crippen LogP contribution in [0, 0.1) is 10.1 Å². The molecule has 3 rings (SSSR count). The van der Waals surface area contributed by atoms with Crippen LogP contribution in [0.15, 0.2) is 59.2 Å². The van der Waals surface area contributed by atoms with Crippen molar-refractivity contribution >= 4 is 29.6 Å². The molecule has 26 heavy (non-hydrogen) atoms. The molecule has 0 unspecified atom stereocenters. The molecule has 8 heteroatoms. The second-order valence-corrected chi connectivity index (χ2v) is 5.30. The van der Waals surface area contributed by atoms with Crippen molar-refractivity contribution in [3.8, 4) is 5.75 Å². The van der Waals surface area contributed by atoms with Gasteiger partial charge in [-0.25, -0.2) is 9.79 Å². The summed E-state index contributed by atoms with van der Waals surface area (Å²) in [6.45, 7) is 1.30. The molecule has 0 amide bonds. The zero-order valence-electron chi connectivity index (χ0n) is 13.5. The molecule has 0 atom stereocenters. The number of hydrogen-bond donors (Lipinski definition) is 0. The summed E-state index contributed by atoms with van der Waals surface area (Å²) in [5.74, 6) is -0.577. The lowest BCUT2D eigenvalue weighted by Crippen LogP contribution is -2.05. The van der Waals surface area contributed by atoms with Crippen molar-refractivity contribution in [2.24, 2.45) is 4.99 Å². The molecule has 0 radical (unpaired) electrons. The van der Waals surface area contributed by atoms with Gasteiger partial charge in [0.25, 0.3) is 5.69 Å². The number of esters is 2. The quantitative estimate of drug-likeness (QED) is 0.275. The topological polar surface area (TPSA) is 108 Å². The first-order valence-electron chi connectivity index (χ1n) is 7.48. The van der Waals surface area contributed by atoms with Gasteiger partial charge in [0.2, 0.25) is 5.90 Å². The number of rotatable bonds is 4. The molecule has 0 spiro atoms. The van der Waals surface area contributed by atoms with Gasteiger partial charge in [-0.3, -0.25) is 14.9 Å². The van der Waals surface area contributed by atoms with Crippen molar-refractivity contribution in [1.82, 2.24) is 0 Å². The highest BCUT2D eigenvalue weighted by atomic mass is 16.6. The Kier molecular flexibility index (Phi) is 4.57. The highest BCUT2D eigenvalue weighted by Crippen LogP contribution is 2.22. The molecule has 130 valence electrons. The van der Waals surface area contributed by atoms with Crippen LogP contribution in [-0.2, 0) is 14.3 Å². The van der Waals surface area contributed by atoms with Gasteiger partial charge in [-0.15, -0.1) is 0 Å². The van der Waals surface area contributed by atoms with Gasteiger partial charge >= 0.3 is 11.9 Å². The second-order valence-electron chi connectivity index (χ2n) is 5.30. The molecule has 0 bridgehead atoms. The lowest BCUT2D eigenvalue weighted by Gasteiger charge is -2.00. The fraction of sp³-hybridized carbons (Fsp3) is 0.0556. The number of nitrogens with zero attached hydrogens (tertiary/aromatic N) is 2. The summed E-state index contributed by atoms with van der Waals surface area (Å²) >= 11 is 0. The normalized spacial score (nSPS) is 14.7. The van der Waals surface area contributed by atoms with Crippen LogP contribution in [0.25, 0.3) is 6.08 Å². The van der Waals surface area contributed by atoms with Gasteiger partial charge in [0.1, 0.15) is 5.75 Å². The number of aliphatic imine (C=N–C) groups is 1. The molecule has 0 aromatic heterocycles. The second kappa shape index (κ2) is 6.98. The van der Waals surface area contributed by atoms with Gasteiger partial charge in [-0.2, -0.15) is 0 Å². The molecule has 8 nitrogen and oxygen atoms in total.